The van der Waals surface area contributed by atoms with E-state index in [-0.39, 0.29) is 11.3 Å². The van der Waals surface area contributed by atoms with Crippen molar-refractivity contribution in [1.29, 1.82) is 0 Å². The van der Waals surface area contributed by atoms with E-state index in [0.29, 0.717) is 0 Å². The molecule has 0 aliphatic rings. The highest BCUT2D eigenvalue weighted by molar-refractivity contribution is 6.10. The molecule has 0 radical (unpaired) electrons. The van der Waals surface area contributed by atoms with Crippen LogP contribution in [0.3, 0.4) is 0 Å². The number of carbonyl (C=O) groups excluding carboxylic acids is 1. The van der Waals surface area contributed by atoms with Gasteiger partial charge in [-0.15, -0.1) is 0 Å². The molecule has 2 aromatic carbocycles. The molecule has 25 heavy (non-hydrogen) atoms. The Bertz CT molecular complexity index is 1060. The smallest absolute Gasteiger partial charge is 0.335 e. The van der Waals surface area contributed by atoms with E-state index < -0.39 is 34.3 Å². The normalized spacial score (nSPS) is 10.6. The Hall–Kier alpha value is -3.48. The van der Waals surface area contributed by atoms with Gasteiger partial charge in [0.05, 0.1) is 5.69 Å². The van der Waals surface area contributed by atoms with Crippen LogP contribution in [0.5, 0.6) is 5.88 Å². The van der Waals surface area contributed by atoms with E-state index in [4.69, 9.17) is 0 Å². The van der Waals surface area contributed by atoms with Crippen molar-refractivity contribution in [2.45, 2.75) is 6.92 Å². The minimum absolute atomic E-state index is 0.0105. The van der Waals surface area contributed by atoms with Crippen LogP contribution in [-0.4, -0.2) is 20.4 Å². The van der Waals surface area contributed by atoms with Gasteiger partial charge in [-0.1, -0.05) is 17.7 Å². The molecule has 0 saturated heterocycles. The standard InChI is InChI=1S/C18H13FN2O4/c1-10-2-8-13(9-3-10)21-17(24)14(16(23)20-18(21)25)15(22)11-4-6-12(19)7-5-11/h2-9,24H,1H3,(H,20,23,25). The number of hydrogen-bond acceptors (Lipinski definition) is 4. The van der Waals surface area contributed by atoms with Crippen LogP contribution in [0.15, 0.2) is 58.1 Å². The first-order valence-electron chi connectivity index (χ1n) is 7.34. The second-order valence-electron chi connectivity index (χ2n) is 5.46. The maximum absolute atomic E-state index is 13.0. The van der Waals surface area contributed by atoms with Crippen LogP contribution in [0, 0.1) is 12.7 Å². The highest BCUT2D eigenvalue weighted by Gasteiger charge is 2.23. The number of ketones is 1. The first-order valence-corrected chi connectivity index (χ1v) is 7.34. The molecule has 0 bridgehead atoms. The second kappa shape index (κ2) is 6.20. The molecule has 0 atom stereocenters. The predicted octanol–water partition coefficient (Wildman–Crippen LogP) is 1.91. The fraction of sp³-hybridized carbons (Fsp3) is 0.0556. The van der Waals surface area contributed by atoms with Gasteiger partial charge in [0.1, 0.15) is 11.4 Å². The minimum atomic E-state index is -1.01. The van der Waals surface area contributed by atoms with E-state index >= 15 is 0 Å². The lowest BCUT2D eigenvalue weighted by atomic mass is 10.1. The van der Waals surface area contributed by atoms with Gasteiger partial charge >= 0.3 is 5.69 Å². The Balaban J connectivity index is 2.21. The molecule has 0 amide bonds. The zero-order valence-electron chi connectivity index (χ0n) is 13.1. The average Bonchev–Trinajstić information content (AvgIpc) is 2.56. The molecule has 0 fully saturated rings. The third-order valence-corrected chi connectivity index (χ3v) is 3.71. The Kier molecular flexibility index (Phi) is 4.06. The molecule has 0 spiro atoms. The highest BCUT2D eigenvalue weighted by Crippen LogP contribution is 2.19. The van der Waals surface area contributed by atoms with E-state index in [1.165, 1.54) is 12.1 Å². The van der Waals surface area contributed by atoms with Crippen molar-refractivity contribution in [3.8, 4) is 11.6 Å². The number of benzene rings is 2. The molecule has 7 heteroatoms. The van der Waals surface area contributed by atoms with Crippen molar-refractivity contribution < 1.29 is 14.3 Å². The Labute approximate surface area is 140 Å². The van der Waals surface area contributed by atoms with Gasteiger partial charge in [0.25, 0.3) is 5.56 Å². The molecule has 126 valence electrons. The number of aryl methyl sites for hydroxylation is 1. The first kappa shape index (κ1) is 16.4. The van der Waals surface area contributed by atoms with Crippen LogP contribution >= 0.6 is 0 Å². The van der Waals surface area contributed by atoms with Gasteiger partial charge in [0.15, 0.2) is 0 Å². The zero-order chi connectivity index (χ0) is 18.1. The lowest BCUT2D eigenvalue weighted by Gasteiger charge is -2.11. The fourth-order valence-corrected chi connectivity index (χ4v) is 2.41. The molecular weight excluding hydrogens is 327 g/mol. The summed E-state index contributed by atoms with van der Waals surface area (Å²) in [6, 6.07) is 11.1. The van der Waals surface area contributed by atoms with Crippen molar-refractivity contribution in [1.82, 2.24) is 9.55 Å². The fourth-order valence-electron chi connectivity index (χ4n) is 2.41. The van der Waals surface area contributed by atoms with E-state index in [1.54, 1.807) is 24.3 Å². The number of aromatic amines is 1. The van der Waals surface area contributed by atoms with Gasteiger partial charge in [-0.05, 0) is 43.3 Å². The molecule has 0 aliphatic heterocycles. The SMILES string of the molecule is Cc1ccc(-n2c(O)c(C(=O)c3ccc(F)cc3)c(=O)[nH]c2=O)cc1. The number of aromatic hydroxyl groups is 1. The summed E-state index contributed by atoms with van der Waals surface area (Å²) in [5.74, 6) is -2.13. The predicted molar refractivity (Wildman–Crippen MR) is 88.9 cm³/mol. The summed E-state index contributed by atoms with van der Waals surface area (Å²) in [5, 5.41) is 10.4. The van der Waals surface area contributed by atoms with Gasteiger partial charge in [0, 0.05) is 5.56 Å². The topological polar surface area (TPSA) is 92.2 Å². The third-order valence-electron chi connectivity index (χ3n) is 3.71. The van der Waals surface area contributed by atoms with Crippen molar-refractivity contribution in [2.75, 3.05) is 0 Å². The molecule has 6 nitrogen and oxygen atoms in total. The van der Waals surface area contributed by atoms with Gasteiger partial charge in [0.2, 0.25) is 11.7 Å². The van der Waals surface area contributed by atoms with Crippen molar-refractivity contribution in [3.05, 3.63) is 91.9 Å². The maximum Gasteiger partial charge on any atom is 0.335 e. The number of nitrogens with one attached hydrogen (secondary N) is 1. The van der Waals surface area contributed by atoms with Gasteiger partial charge in [-0.25, -0.2) is 13.8 Å². The van der Waals surface area contributed by atoms with E-state index in [0.717, 1.165) is 22.3 Å². The van der Waals surface area contributed by atoms with Gasteiger partial charge < -0.3 is 5.11 Å². The Morgan fingerprint density at radius 3 is 2.24 bits per heavy atom. The molecule has 1 heterocycles. The molecule has 0 unspecified atom stereocenters. The number of carbonyl (C=O) groups is 1. The number of nitrogens with zero attached hydrogens (tertiary/aromatic N) is 1. The van der Waals surface area contributed by atoms with Crippen LogP contribution < -0.4 is 11.2 Å². The van der Waals surface area contributed by atoms with Crippen LogP contribution in [0.4, 0.5) is 4.39 Å². The third kappa shape index (κ3) is 2.99. The minimum Gasteiger partial charge on any atom is -0.493 e. The number of halogens is 1. The summed E-state index contributed by atoms with van der Waals surface area (Å²) in [6.07, 6.45) is 0. The van der Waals surface area contributed by atoms with Crippen LogP contribution in [-0.2, 0) is 0 Å². The summed E-state index contributed by atoms with van der Waals surface area (Å²) in [5.41, 5.74) is -1.24. The van der Waals surface area contributed by atoms with E-state index in [2.05, 4.69) is 0 Å². The number of hydrogen-bond donors (Lipinski definition) is 2. The van der Waals surface area contributed by atoms with Crippen LogP contribution in [0.2, 0.25) is 0 Å². The monoisotopic (exact) mass is 340 g/mol. The molecule has 3 aromatic rings. The number of H-pyrrole nitrogens is 1. The lowest BCUT2D eigenvalue weighted by molar-refractivity contribution is 0.103. The molecule has 3 rings (SSSR count). The van der Waals surface area contributed by atoms with Gasteiger partial charge in [-0.2, -0.15) is 0 Å². The average molecular weight is 340 g/mol. The molecule has 1 aromatic heterocycles. The second-order valence-corrected chi connectivity index (χ2v) is 5.46. The summed E-state index contributed by atoms with van der Waals surface area (Å²) < 4.78 is 13.8. The number of rotatable bonds is 3. The highest BCUT2D eigenvalue weighted by atomic mass is 19.1. The zero-order valence-corrected chi connectivity index (χ0v) is 13.1. The largest absolute Gasteiger partial charge is 0.493 e. The molecular formula is C18H13FN2O4. The molecule has 0 saturated carbocycles. The van der Waals surface area contributed by atoms with Crippen LogP contribution in [0.25, 0.3) is 5.69 Å². The summed E-state index contributed by atoms with van der Waals surface area (Å²) in [7, 11) is 0. The molecule has 2 N–H and O–H groups in total. The van der Waals surface area contributed by atoms with E-state index in [1.807, 2.05) is 11.9 Å². The van der Waals surface area contributed by atoms with Crippen molar-refractivity contribution in [2.24, 2.45) is 0 Å². The van der Waals surface area contributed by atoms with Crippen LogP contribution in [0.1, 0.15) is 21.5 Å². The first-order chi connectivity index (χ1) is 11.9. The van der Waals surface area contributed by atoms with Crippen molar-refractivity contribution >= 4 is 5.78 Å². The van der Waals surface area contributed by atoms with E-state index in [9.17, 15) is 23.9 Å². The summed E-state index contributed by atoms with van der Waals surface area (Å²) in [6.45, 7) is 1.85. The Morgan fingerprint density at radius 1 is 1.04 bits per heavy atom. The molecule has 0 aliphatic carbocycles. The van der Waals surface area contributed by atoms with Gasteiger partial charge in [-0.3, -0.25) is 14.6 Å². The lowest BCUT2D eigenvalue weighted by Crippen LogP contribution is -2.33. The number of aromatic nitrogens is 2. The summed E-state index contributed by atoms with van der Waals surface area (Å²) in [4.78, 5) is 38.7. The van der Waals surface area contributed by atoms with Crippen molar-refractivity contribution in [3.63, 3.8) is 0 Å². The maximum atomic E-state index is 13.0. The summed E-state index contributed by atoms with van der Waals surface area (Å²) >= 11 is 0. The quantitative estimate of drug-likeness (QED) is 0.713. The Morgan fingerprint density at radius 2 is 1.64 bits per heavy atom.